The molecule has 2 heteroatoms. The summed E-state index contributed by atoms with van der Waals surface area (Å²) in [5, 5.41) is 0. The van der Waals surface area contributed by atoms with E-state index in [-0.39, 0.29) is 11.6 Å². The van der Waals surface area contributed by atoms with E-state index in [0.29, 0.717) is 24.0 Å². The lowest BCUT2D eigenvalue weighted by atomic mass is 10.0. The average molecular weight is 232 g/mol. The average Bonchev–Trinajstić information content (AvgIpc) is 2.34. The highest BCUT2D eigenvalue weighted by atomic mass is 19.1. The van der Waals surface area contributed by atoms with Gasteiger partial charge in [-0.3, -0.25) is 0 Å². The van der Waals surface area contributed by atoms with Crippen LogP contribution in [-0.4, -0.2) is 0 Å². The van der Waals surface area contributed by atoms with Crippen LogP contribution in [-0.2, 0) is 12.8 Å². The molecule has 0 aliphatic carbocycles. The standard InChI is InChI=1S/C15H14F2/c16-14-10-3-1-6-12(14)8-5-9-13-7-2-4-11-15(13)17/h1-4,6-7,10-11H,5,8-9H2. The highest BCUT2D eigenvalue weighted by molar-refractivity contribution is 5.19. The first-order valence-electron chi connectivity index (χ1n) is 5.74. The third kappa shape index (κ3) is 3.13. The Balaban J connectivity index is 1.93. The second-order valence-corrected chi connectivity index (χ2v) is 4.04. The third-order valence-electron chi connectivity index (χ3n) is 2.81. The molecule has 0 radical (unpaired) electrons. The molecule has 0 nitrogen and oxygen atoms in total. The molecular weight excluding hydrogens is 218 g/mol. The summed E-state index contributed by atoms with van der Waals surface area (Å²) in [7, 11) is 0. The van der Waals surface area contributed by atoms with Gasteiger partial charge in [-0.2, -0.15) is 0 Å². The van der Waals surface area contributed by atoms with Gasteiger partial charge in [0.15, 0.2) is 0 Å². The molecule has 0 unspecified atom stereocenters. The smallest absolute Gasteiger partial charge is 0.126 e. The SMILES string of the molecule is Fc1ccccc1CCCc1ccccc1F. The maximum Gasteiger partial charge on any atom is 0.126 e. The zero-order valence-electron chi connectivity index (χ0n) is 9.50. The fourth-order valence-electron chi connectivity index (χ4n) is 1.87. The molecular formula is C15H14F2. The van der Waals surface area contributed by atoms with Crippen LogP contribution >= 0.6 is 0 Å². The van der Waals surface area contributed by atoms with Gasteiger partial charge in [0.25, 0.3) is 0 Å². The highest BCUT2D eigenvalue weighted by Crippen LogP contribution is 2.13. The van der Waals surface area contributed by atoms with Gasteiger partial charge in [0, 0.05) is 0 Å². The lowest BCUT2D eigenvalue weighted by Gasteiger charge is -2.04. The number of rotatable bonds is 4. The van der Waals surface area contributed by atoms with Crippen LogP contribution in [0.2, 0.25) is 0 Å². The largest absolute Gasteiger partial charge is 0.207 e. The predicted octanol–water partition coefficient (Wildman–Crippen LogP) is 4.14. The summed E-state index contributed by atoms with van der Waals surface area (Å²) < 4.78 is 26.6. The Bertz CT molecular complexity index is 446. The van der Waals surface area contributed by atoms with Crippen LogP contribution in [0.4, 0.5) is 8.78 Å². The molecule has 0 aliphatic heterocycles. The monoisotopic (exact) mass is 232 g/mol. The lowest BCUT2D eigenvalue weighted by molar-refractivity contribution is 0.592. The summed E-state index contributed by atoms with van der Waals surface area (Å²) in [6.45, 7) is 0. The first-order chi connectivity index (χ1) is 8.27. The first-order valence-corrected chi connectivity index (χ1v) is 5.74. The van der Waals surface area contributed by atoms with Crippen molar-refractivity contribution in [3.63, 3.8) is 0 Å². The van der Waals surface area contributed by atoms with E-state index in [4.69, 9.17) is 0 Å². The quantitative estimate of drug-likeness (QED) is 0.743. The van der Waals surface area contributed by atoms with E-state index in [1.807, 2.05) is 12.1 Å². The normalized spacial score (nSPS) is 10.5. The molecule has 0 heterocycles. The highest BCUT2D eigenvalue weighted by Gasteiger charge is 2.03. The molecule has 2 aromatic carbocycles. The van der Waals surface area contributed by atoms with Crippen molar-refractivity contribution in [2.24, 2.45) is 0 Å². The molecule has 2 aromatic rings. The van der Waals surface area contributed by atoms with Crippen molar-refractivity contribution < 1.29 is 8.78 Å². The van der Waals surface area contributed by atoms with Crippen molar-refractivity contribution in [1.82, 2.24) is 0 Å². The van der Waals surface area contributed by atoms with Gasteiger partial charge < -0.3 is 0 Å². The Kier molecular flexibility index (Phi) is 3.86. The first kappa shape index (κ1) is 11.8. The number of aryl methyl sites for hydroxylation is 2. The van der Waals surface area contributed by atoms with Gasteiger partial charge in [-0.25, -0.2) is 8.78 Å². The van der Waals surface area contributed by atoms with Gasteiger partial charge in [-0.15, -0.1) is 0 Å². The minimum atomic E-state index is -0.180. The Morgan fingerprint density at radius 1 is 0.647 bits per heavy atom. The van der Waals surface area contributed by atoms with Crippen LogP contribution in [0.1, 0.15) is 17.5 Å². The van der Waals surface area contributed by atoms with Crippen LogP contribution in [0, 0.1) is 11.6 Å². The molecule has 17 heavy (non-hydrogen) atoms. The van der Waals surface area contributed by atoms with Crippen molar-refractivity contribution in [1.29, 1.82) is 0 Å². The molecule has 2 rings (SSSR count). The zero-order valence-corrected chi connectivity index (χ0v) is 9.50. The summed E-state index contributed by atoms with van der Waals surface area (Å²) in [5.74, 6) is -0.359. The maximum atomic E-state index is 13.3. The van der Waals surface area contributed by atoms with Crippen LogP contribution in [0.3, 0.4) is 0 Å². The Morgan fingerprint density at radius 3 is 1.47 bits per heavy atom. The minimum absolute atomic E-state index is 0.180. The molecule has 0 N–H and O–H groups in total. The summed E-state index contributed by atoms with van der Waals surface area (Å²) in [4.78, 5) is 0. The number of hydrogen-bond donors (Lipinski definition) is 0. The van der Waals surface area contributed by atoms with E-state index in [1.54, 1.807) is 24.3 Å². The van der Waals surface area contributed by atoms with Crippen LogP contribution < -0.4 is 0 Å². The topological polar surface area (TPSA) is 0 Å². The van der Waals surface area contributed by atoms with Crippen molar-refractivity contribution in [3.05, 3.63) is 71.3 Å². The van der Waals surface area contributed by atoms with E-state index < -0.39 is 0 Å². The molecule has 0 saturated carbocycles. The van der Waals surface area contributed by atoms with Crippen LogP contribution in [0.5, 0.6) is 0 Å². The Labute approximate surface area is 99.9 Å². The van der Waals surface area contributed by atoms with Gasteiger partial charge in [-0.1, -0.05) is 36.4 Å². The Morgan fingerprint density at radius 2 is 1.06 bits per heavy atom. The van der Waals surface area contributed by atoms with Gasteiger partial charge in [0.1, 0.15) is 11.6 Å². The van der Waals surface area contributed by atoms with Crippen LogP contribution in [0.15, 0.2) is 48.5 Å². The molecule has 0 atom stereocenters. The molecule has 0 spiro atoms. The zero-order chi connectivity index (χ0) is 12.1. The molecule has 0 bridgehead atoms. The number of halogens is 2. The van der Waals surface area contributed by atoms with E-state index in [0.717, 1.165) is 6.42 Å². The van der Waals surface area contributed by atoms with Crippen molar-refractivity contribution in [2.75, 3.05) is 0 Å². The molecule has 0 saturated heterocycles. The number of hydrogen-bond acceptors (Lipinski definition) is 0. The van der Waals surface area contributed by atoms with E-state index >= 15 is 0 Å². The molecule has 88 valence electrons. The van der Waals surface area contributed by atoms with Crippen molar-refractivity contribution in [2.45, 2.75) is 19.3 Å². The van der Waals surface area contributed by atoms with Crippen molar-refractivity contribution in [3.8, 4) is 0 Å². The van der Waals surface area contributed by atoms with Gasteiger partial charge in [0.2, 0.25) is 0 Å². The maximum absolute atomic E-state index is 13.3. The van der Waals surface area contributed by atoms with Gasteiger partial charge >= 0.3 is 0 Å². The van der Waals surface area contributed by atoms with Crippen molar-refractivity contribution >= 4 is 0 Å². The van der Waals surface area contributed by atoms with Crippen LogP contribution in [0.25, 0.3) is 0 Å². The second kappa shape index (κ2) is 5.58. The molecule has 0 aliphatic rings. The van der Waals surface area contributed by atoms with Gasteiger partial charge in [0.05, 0.1) is 0 Å². The van der Waals surface area contributed by atoms with Gasteiger partial charge in [-0.05, 0) is 42.5 Å². The molecule has 0 aromatic heterocycles. The summed E-state index contributed by atoms with van der Waals surface area (Å²) >= 11 is 0. The fraction of sp³-hybridized carbons (Fsp3) is 0.200. The molecule has 0 amide bonds. The summed E-state index contributed by atoms with van der Waals surface area (Å²) in [5.41, 5.74) is 1.40. The Hall–Kier alpha value is -1.70. The lowest BCUT2D eigenvalue weighted by Crippen LogP contribution is -1.95. The summed E-state index contributed by atoms with van der Waals surface area (Å²) in [6.07, 6.45) is 2.03. The second-order valence-electron chi connectivity index (χ2n) is 4.04. The minimum Gasteiger partial charge on any atom is -0.207 e. The fourth-order valence-corrected chi connectivity index (χ4v) is 1.87. The number of benzene rings is 2. The van der Waals surface area contributed by atoms with E-state index in [9.17, 15) is 8.78 Å². The van der Waals surface area contributed by atoms with E-state index in [1.165, 1.54) is 12.1 Å². The molecule has 0 fully saturated rings. The predicted molar refractivity (Wildman–Crippen MR) is 64.8 cm³/mol. The summed E-state index contributed by atoms with van der Waals surface area (Å²) in [6, 6.07) is 13.5. The third-order valence-corrected chi connectivity index (χ3v) is 2.81. The van der Waals surface area contributed by atoms with E-state index in [2.05, 4.69) is 0 Å².